The fourth-order valence-electron chi connectivity index (χ4n) is 5.34. The maximum Gasteiger partial charge on any atom is 0.416 e. The maximum absolute atomic E-state index is 15.0. The first-order valence-corrected chi connectivity index (χ1v) is 13.0. The van der Waals surface area contributed by atoms with Gasteiger partial charge in [0.05, 0.1) is 18.0 Å². The van der Waals surface area contributed by atoms with E-state index >= 15 is 0 Å². The van der Waals surface area contributed by atoms with Gasteiger partial charge in [-0.25, -0.2) is 13.8 Å². The van der Waals surface area contributed by atoms with Crippen molar-refractivity contribution >= 4 is 23.3 Å². The highest BCUT2D eigenvalue weighted by Crippen LogP contribution is 2.43. The van der Waals surface area contributed by atoms with Crippen LogP contribution in [0.4, 0.5) is 33.3 Å². The Morgan fingerprint density at radius 3 is 2.42 bits per heavy atom. The maximum atomic E-state index is 15.0. The summed E-state index contributed by atoms with van der Waals surface area (Å²) in [5, 5.41) is 9.74. The third-order valence-electron chi connectivity index (χ3n) is 7.74. The van der Waals surface area contributed by atoms with E-state index in [-0.39, 0.29) is 29.3 Å². The zero-order valence-electron chi connectivity index (χ0n) is 22.1. The van der Waals surface area contributed by atoms with Crippen molar-refractivity contribution < 1.29 is 31.9 Å². The number of anilines is 1. The van der Waals surface area contributed by atoms with Crippen molar-refractivity contribution in [3.05, 3.63) is 82.8 Å². The van der Waals surface area contributed by atoms with Crippen LogP contribution >= 0.6 is 0 Å². The minimum absolute atomic E-state index is 0.0230. The Kier molecular flexibility index (Phi) is 7.09. The highest BCUT2D eigenvalue weighted by molar-refractivity contribution is 6.01. The topological polar surface area (TPSA) is 59.4 Å². The van der Waals surface area contributed by atoms with Crippen molar-refractivity contribution in [3.8, 4) is 0 Å². The predicted molar refractivity (Wildman–Crippen MR) is 142 cm³/mol. The van der Waals surface area contributed by atoms with E-state index in [0.29, 0.717) is 31.8 Å². The summed E-state index contributed by atoms with van der Waals surface area (Å²) in [5.41, 5.74) is -0.400. The number of hydrogen-bond acceptors (Lipinski definition) is 5. The average Bonchev–Trinajstić information content (AvgIpc) is 2.90. The molecule has 1 saturated heterocycles. The Morgan fingerprint density at radius 1 is 1.10 bits per heavy atom. The van der Waals surface area contributed by atoms with Gasteiger partial charge in [0.2, 0.25) is 5.96 Å². The summed E-state index contributed by atoms with van der Waals surface area (Å²) < 4.78 is 70.5. The van der Waals surface area contributed by atoms with E-state index in [4.69, 9.17) is 0 Å². The minimum atomic E-state index is -4.61. The number of carboxylic acid groups (broad SMARTS) is 1. The van der Waals surface area contributed by atoms with Crippen LogP contribution in [0.15, 0.2) is 70.9 Å². The van der Waals surface area contributed by atoms with Gasteiger partial charge in [0.15, 0.2) is 0 Å². The Bertz CT molecular complexity index is 1410. The molecule has 0 saturated carbocycles. The van der Waals surface area contributed by atoms with Gasteiger partial charge in [0, 0.05) is 49.5 Å². The molecule has 3 aliphatic rings. The van der Waals surface area contributed by atoms with Crippen molar-refractivity contribution in [3.63, 3.8) is 0 Å². The molecule has 0 spiro atoms. The molecule has 0 bridgehead atoms. The molecule has 0 radical (unpaired) electrons. The lowest BCUT2D eigenvalue weighted by atomic mass is 9.90. The Balaban J connectivity index is 1.53. The van der Waals surface area contributed by atoms with E-state index in [0.717, 1.165) is 17.8 Å². The number of aliphatic imine (C=N–C) groups is 1. The molecular weight excluding hydrogens is 531 g/mol. The monoisotopic (exact) mass is 560 g/mol. The molecule has 212 valence electrons. The minimum Gasteiger partial charge on any atom is -0.481 e. The number of halogens is 5. The lowest BCUT2D eigenvalue weighted by Crippen LogP contribution is -2.55. The number of carboxylic acids is 1. The van der Waals surface area contributed by atoms with Gasteiger partial charge in [-0.2, -0.15) is 13.2 Å². The smallest absolute Gasteiger partial charge is 0.416 e. The molecule has 11 heteroatoms. The lowest BCUT2D eigenvalue weighted by molar-refractivity contribution is -0.138. The van der Waals surface area contributed by atoms with Crippen molar-refractivity contribution in [1.82, 2.24) is 9.80 Å². The summed E-state index contributed by atoms with van der Waals surface area (Å²) >= 11 is 0. The van der Waals surface area contributed by atoms with Crippen molar-refractivity contribution in [1.29, 1.82) is 0 Å². The second-order valence-corrected chi connectivity index (χ2v) is 10.5. The Morgan fingerprint density at radius 2 is 1.77 bits per heavy atom. The summed E-state index contributed by atoms with van der Waals surface area (Å²) in [6, 6.07) is 7.84. The van der Waals surface area contributed by atoms with Crippen molar-refractivity contribution in [2.24, 2.45) is 4.99 Å². The van der Waals surface area contributed by atoms with Gasteiger partial charge in [-0.05, 0) is 49.8 Å². The molecule has 40 heavy (non-hydrogen) atoms. The summed E-state index contributed by atoms with van der Waals surface area (Å²) in [6.45, 7) is 5.06. The molecule has 2 atom stereocenters. The van der Waals surface area contributed by atoms with Crippen LogP contribution in [0.5, 0.6) is 0 Å². The van der Waals surface area contributed by atoms with Gasteiger partial charge in [0.25, 0.3) is 0 Å². The first-order valence-electron chi connectivity index (χ1n) is 13.0. The largest absolute Gasteiger partial charge is 0.481 e. The van der Waals surface area contributed by atoms with Crippen LogP contribution in [0.1, 0.15) is 43.9 Å². The molecule has 2 aliphatic heterocycles. The molecule has 5 rings (SSSR count). The number of aliphatic carboxylic acids is 1. The number of hydrogen-bond donors (Lipinski definition) is 1. The lowest BCUT2D eigenvalue weighted by Gasteiger charge is -2.45. The average molecular weight is 561 g/mol. The number of guanidine groups is 1. The van der Waals surface area contributed by atoms with Crippen LogP contribution in [-0.4, -0.2) is 58.7 Å². The molecule has 0 amide bonds. The number of carbonyl (C=O) groups is 1. The first kappa shape index (κ1) is 27.7. The van der Waals surface area contributed by atoms with Crippen molar-refractivity contribution in [2.75, 3.05) is 31.1 Å². The van der Waals surface area contributed by atoms with Gasteiger partial charge >= 0.3 is 12.1 Å². The van der Waals surface area contributed by atoms with Gasteiger partial charge in [0.1, 0.15) is 17.2 Å². The van der Waals surface area contributed by atoms with Crippen molar-refractivity contribution in [2.45, 2.75) is 44.6 Å². The summed E-state index contributed by atoms with van der Waals surface area (Å²) in [6.07, 6.45) is -1.17. The van der Waals surface area contributed by atoms with Gasteiger partial charge < -0.3 is 19.8 Å². The van der Waals surface area contributed by atoms with E-state index < -0.39 is 41.7 Å². The molecule has 1 N–H and O–H groups in total. The number of piperazine rings is 1. The van der Waals surface area contributed by atoms with Gasteiger partial charge in [-0.1, -0.05) is 24.3 Å². The molecule has 1 fully saturated rings. The predicted octanol–water partition coefficient (Wildman–Crippen LogP) is 6.45. The number of rotatable bonds is 4. The molecule has 1 aliphatic carbocycles. The van der Waals surface area contributed by atoms with Crippen LogP contribution in [0.25, 0.3) is 0 Å². The number of nitrogens with zero attached hydrogens (tertiary/aromatic N) is 4. The second kappa shape index (κ2) is 10.3. The van der Waals surface area contributed by atoms with E-state index in [9.17, 15) is 31.9 Å². The normalized spacial score (nSPS) is 23.3. The van der Waals surface area contributed by atoms with E-state index in [1.54, 1.807) is 13.0 Å². The first-order chi connectivity index (χ1) is 18.8. The third kappa shape index (κ3) is 5.29. The summed E-state index contributed by atoms with van der Waals surface area (Å²) in [4.78, 5) is 21.9. The fourth-order valence-corrected chi connectivity index (χ4v) is 5.34. The Hall–Kier alpha value is -3.89. The molecule has 2 aromatic carbocycles. The van der Waals surface area contributed by atoms with Gasteiger partial charge in [-0.15, -0.1) is 0 Å². The van der Waals surface area contributed by atoms with Crippen LogP contribution in [0.3, 0.4) is 0 Å². The van der Waals surface area contributed by atoms with E-state index in [1.807, 2.05) is 17.1 Å². The number of fused-ring (bicyclic) bond motifs is 1. The molecular formula is C29H29F5N4O2. The molecule has 2 unspecified atom stereocenters. The van der Waals surface area contributed by atoms with Crippen LogP contribution in [0.2, 0.25) is 0 Å². The van der Waals surface area contributed by atoms with E-state index in [1.165, 1.54) is 36.1 Å². The van der Waals surface area contributed by atoms with Crippen LogP contribution in [-0.2, 0) is 11.0 Å². The third-order valence-corrected chi connectivity index (χ3v) is 7.74. The summed E-state index contributed by atoms with van der Waals surface area (Å²) in [5.74, 6) is -1.65. The zero-order valence-corrected chi connectivity index (χ0v) is 22.1. The number of benzene rings is 2. The summed E-state index contributed by atoms with van der Waals surface area (Å²) in [7, 11) is 0. The highest BCUT2D eigenvalue weighted by atomic mass is 19.4. The number of alkyl halides is 4. The highest BCUT2D eigenvalue weighted by Gasteiger charge is 2.39. The van der Waals surface area contributed by atoms with E-state index in [2.05, 4.69) is 9.89 Å². The molecule has 6 nitrogen and oxygen atoms in total. The second-order valence-electron chi connectivity index (χ2n) is 10.5. The SMILES string of the molecule is CC1=CC(N2CCN(C3=Nc4c(F)cccc4C(CC(=O)O)N3c3cccc(C(F)(F)F)c3)CC2)=CCC1(C)F. The Labute approximate surface area is 228 Å². The zero-order chi connectivity index (χ0) is 28.8. The molecule has 2 aromatic rings. The molecule has 0 aromatic heterocycles. The van der Waals surface area contributed by atoms with Gasteiger partial charge in [-0.3, -0.25) is 4.79 Å². The van der Waals surface area contributed by atoms with Crippen LogP contribution < -0.4 is 4.90 Å². The molecule has 2 heterocycles. The quantitative estimate of drug-likeness (QED) is 0.436. The van der Waals surface area contributed by atoms with Crippen LogP contribution in [0, 0.1) is 5.82 Å². The number of para-hydroxylation sites is 1. The fraction of sp³-hybridized carbons (Fsp3) is 0.379. The standard InChI is InChI=1S/C29H29F5N4O2/c1-18-15-20(9-10-28(18,2)31)36-11-13-37(14-12-36)27-35-26-22(7-4-8-23(26)30)24(17-25(39)40)38(27)21-6-3-5-19(16-21)29(32,33)34/h3-9,15-16,24H,10-14,17H2,1-2H3,(H,39,40). The number of allylic oxidation sites excluding steroid dienone is 3.